The van der Waals surface area contributed by atoms with E-state index < -0.39 is 10.0 Å². The van der Waals surface area contributed by atoms with Crippen LogP contribution in [0.4, 0.5) is 0 Å². The second-order valence-corrected chi connectivity index (χ2v) is 8.69. The van der Waals surface area contributed by atoms with Crippen LogP contribution in [0.1, 0.15) is 34.3 Å². The van der Waals surface area contributed by atoms with Gasteiger partial charge in [0.2, 0.25) is 10.0 Å². The Hall–Kier alpha value is -2.38. The molecule has 2 aromatic rings. The highest BCUT2D eigenvalue weighted by molar-refractivity contribution is 7.89. The number of benzene rings is 2. The second-order valence-electron chi connectivity index (χ2n) is 7.01. The Labute approximate surface area is 159 Å². The average molecular weight is 386 g/mol. The van der Waals surface area contributed by atoms with Gasteiger partial charge < -0.3 is 9.64 Å². The Kier molecular flexibility index (Phi) is 4.65. The Balaban J connectivity index is 1.62. The van der Waals surface area contributed by atoms with Crippen molar-refractivity contribution in [2.75, 3.05) is 13.7 Å². The summed E-state index contributed by atoms with van der Waals surface area (Å²) < 4.78 is 33.2. The lowest BCUT2D eigenvalue weighted by molar-refractivity contribution is 0.0734. The van der Waals surface area contributed by atoms with Crippen molar-refractivity contribution in [1.29, 1.82) is 0 Å². The Morgan fingerprint density at radius 1 is 1.15 bits per heavy atom. The van der Waals surface area contributed by atoms with E-state index in [-0.39, 0.29) is 22.6 Å². The fourth-order valence-electron chi connectivity index (χ4n) is 3.36. The van der Waals surface area contributed by atoms with Crippen LogP contribution in [0.3, 0.4) is 0 Å². The standard InChI is InChI=1S/C20H22N2O4S/c1-26-18-9-6-15(12-19(18)27(24,25)21-17-7-8-17)20(23)22-11-10-14-4-2-3-5-16(14)13-22/h2-6,9,12,17,21H,7-8,10-11,13H2,1H3. The third-order valence-electron chi connectivity index (χ3n) is 5.02. The molecule has 4 rings (SSSR count). The molecule has 142 valence electrons. The molecule has 1 fully saturated rings. The highest BCUT2D eigenvalue weighted by Crippen LogP contribution is 2.29. The zero-order chi connectivity index (χ0) is 19.0. The number of carbonyl (C=O) groups is 1. The predicted octanol–water partition coefficient (Wildman–Crippen LogP) is 2.33. The number of methoxy groups -OCH3 is 1. The van der Waals surface area contributed by atoms with Crippen LogP contribution in [-0.4, -0.2) is 38.9 Å². The van der Waals surface area contributed by atoms with Gasteiger partial charge in [-0.1, -0.05) is 24.3 Å². The lowest BCUT2D eigenvalue weighted by Crippen LogP contribution is -2.36. The van der Waals surface area contributed by atoms with E-state index in [0.29, 0.717) is 18.7 Å². The number of nitrogens with zero attached hydrogens (tertiary/aromatic N) is 1. The molecule has 1 N–H and O–H groups in total. The molecular formula is C20H22N2O4S. The van der Waals surface area contributed by atoms with Gasteiger partial charge in [0.05, 0.1) is 7.11 Å². The van der Waals surface area contributed by atoms with E-state index in [1.165, 1.54) is 18.7 Å². The number of nitrogens with one attached hydrogen (secondary N) is 1. The normalized spacial score (nSPS) is 16.7. The zero-order valence-electron chi connectivity index (χ0n) is 15.1. The number of fused-ring (bicyclic) bond motifs is 1. The number of hydrogen-bond acceptors (Lipinski definition) is 4. The van der Waals surface area contributed by atoms with E-state index in [0.717, 1.165) is 24.8 Å². The number of carbonyl (C=O) groups excluding carboxylic acids is 1. The summed E-state index contributed by atoms with van der Waals surface area (Å²) >= 11 is 0. The molecule has 1 aliphatic heterocycles. The molecule has 6 nitrogen and oxygen atoms in total. The third-order valence-corrected chi connectivity index (χ3v) is 6.56. The first-order chi connectivity index (χ1) is 13.0. The minimum atomic E-state index is -3.72. The van der Waals surface area contributed by atoms with Gasteiger partial charge in [0.15, 0.2) is 0 Å². The number of rotatable bonds is 5. The first kappa shape index (κ1) is 18.0. The van der Waals surface area contributed by atoms with Gasteiger partial charge in [-0.2, -0.15) is 0 Å². The van der Waals surface area contributed by atoms with Gasteiger partial charge >= 0.3 is 0 Å². The molecule has 0 aromatic heterocycles. The van der Waals surface area contributed by atoms with Crippen LogP contribution in [0, 0.1) is 0 Å². The molecule has 0 saturated heterocycles. The van der Waals surface area contributed by atoms with Gasteiger partial charge in [0.1, 0.15) is 10.6 Å². The summed E-state index contributed by atoms with van der Waals surface area (Å²) in [6, 6.07) is 12.7. The Morgan fingerprint density at radius 3 is 2.59 bits per heavy atom. The lowest BCUT2D eigenvalue weighted by atomic mass is 9.99. The van der Waals surface area contributed by atoms with E-state index >= 15 is 0 Å². The van der Waals surface area contributed by atoms with Gasteiger partial charge in [-0.15, -0.1) is 0 Å². The minimum Gasteiger partial charge on any atom is -0.495 e. The molecular weight excluding hydrogens is 364 g/mol. The third kappa shape index (κ3) is 3.70. The first-order valence-corrected chi connectivity index (χ1v) is 10.5. The number of sulfonamides is 1. The van der Waals surface area contributed by atoms with E-state index in [2.05, 4.69) is 10.8 Å². The minimum absolute atomic E-state index is 0.0140. The molecule has 0 unspecified atom stereocenters. The summed E-state index contributed by atoms with van der Waals surface area (Å²) in [6.45, 7) is 1.15. The van der Waals surface area contributed by atoms with Crippen molar-refractivity contribution in [3.63, 3.8) is 0 Å². The van der Waals surface area contributed by atoms with E-state index in [4.69, 9.17) is 4.74 Å². The van der Waals surface area contributed by atoms with Gasteiger partial charge in [0.25, 0.3) is 5.91 Å². The quantitative estimate of drug-likeness (QED) is 0.856. The molecule has 0 spiro atoms. The fraction of sp³-hybridized carbons (Fsp3) is 0.350. The Bertz CT molecular complexity index is 983. The molecule has 2 aliphatic rings. The van der Waals surface area contributed by atoms with Crippen molar-refractivity contribution in [2.45, 2.75) is 36.7 Å². The second kappa shape index (κ2) is 6.98. The molecule has 0 atom stereocenters. The van der Waals surface area contributed by atoms with Crippen LogP contribution in [0.5, 0.6) is 5.75 Å². The van der Waals surface area contributed by atoms with Crippen molar-refractivity contribution in [3.05, 3.63) is 59.2 Å². The largest absolute Gasteiger partial charge is 0.495 e. The van der Waals surface area contributed by atoms with Crippen molar-refractivity contribution < 1.29 is 17.9 Å². The van der Waals surface area contributed by atoms with Crippen LogP contribution in [-0.2, 0) is 23.0 Å². The van der Waals surface area contributed by atoms with E-state index in [9.17, 15) is 13.2 Å². The summed E-state index contributed by atoms with van der Waals surface area (Å²) in [5, 5.41) is 0. The van der Waals surface area contributed by atoms with Crippen molar-refractivity contribution in [2.24, 2.45) is 0 Å². The van der Waals surface area contributed by atoms with Gasteiger partial charge in [-0.05, 0) is 48.6 Å². The average Bonchev–Trinajstić information content (AvgIpc) is 3.49. The molecule has 7 heteroatoms. The molecule has 27 heavy (non-hydrogen) atoms. The highest BCUT2D eigenvalue weighted by Gasteiger charge is 2.31. The van der Waals surface area contributed by atoms with Crippen LogP contribution in [0.2, 0.25) is 0 Å². The van der Waals surface area contributed by atoms with Crippen LogP contribution in [0.15, 0.2) is 47.4 Å². The molecule has 1 aliphatic carbocycles. The van der Waals surface area contributed by atoms with Gasteiger partial charge in [-0.3, -0.25) is 4.79 Å². The SMILES string of the molecule is COc1ccc(C(=O)N2CCc3ccccc3C2)cc1S(=O)(=O)NC1CC1. The molecule has 1 heterocycles. The Morgan fingerprint density at radius 2 is 1.89 bits per heavy atom. The topological polar surface area (TPSA) is 75.7 Å². The molecule has 0 radical (unpaired) electrons. The predicted molar refractivity (Wildman–Crippen MR) is 101 cm³/mol. The van der Waals surface area contributed by atoms with E-state index in [1.807, 2.05) is 18.2 Å². The van der Waals surface area contributed by atoms with Crippen LogP contribution >= 0.6 is 0 Å². The summed E-state index contributed by atoms with van der Waals surface area (Å²) in [5.41, 5.74) is 2.74. The summed E-state index contributed by atoms with van der Waals surface area (Å²) in [7, 11) is -2.30. The van der Waals surface area contributed by atoms with Crippen molar-refractivity contribution >= 4 is 15.9 Å². The maximum Gasteiger partial charge on any atom is 0.254 e. The van der Waals surface area contributed by atoms with E-state index in [1.54, 1.807) is 17.0 Å². The number of hydrogen-bond donors (Lipinski definition) is 1. The smallest absolute Gasteiger partial charge is 0.254 e. The summed E-state index contributed by atoms with van der Waals surface area (Å²) in [5.74, 6) is 0.0683. The highest BCUT2D eigenvalue weighted by atomic mass is 32.2. The molecule has 0 bridgehead atoms. The lowest BCUT2D eigenvalue weighted by Gasteiger charge is -2.29. The maximum absolute atomic E-state index is 13.0. The fourth-order valence-corrected chi connectivity index (χ4v) is 4.86. The number of ether oxygens (including phenoxy) is 1. The van der Waals surface area contributed by atoms with Crippen molar-refractivity contribution in [3.8, 4) is 5.75 Å². The molecule has 1 amide bonds. The maximum atomic E-state index is 13.0. The van der Waals surface area contributed by atoms with Gasteiger partial charge in [-0.25, -0.2) is 13.1 Å². The molecule has 1 saturated carbocycles. The van der Waals surface area contributed by atoms with Crippen molar-refractivity contribution in [1.82, 2.24) is 9.62 Å². The molecule has 2 aromatic carbocycles. The number of amides is 1. The summed E-state index contributed by atoms with van der Waals surface area (Å²) in [4.78, 5) is 14.8. The van der Waals surface area contributed by atoms with Gasteiger partial charge in [0, 0.05) is 24.7 Å². The van der Waals surface area contributed by atoms with Crippen LogP contribution in [0.25, 0.3) is 0 Å². The first-order valence-electron chi connectivity index (χ1n) is 9.04. The summed E-state index contributed by atoms with van der Waals surface area (Å²) in [6.07, 6.45) is 2.48. The zero-order valence-corrected chi connectivity index (χ0v) is 16.0. The monoisotopic (exact) mass is 386 g/mol. The van der Waals surface area contributed by atoms with Crippen LogP contribution < -0.4 is 9.46 Å².